The lowest BCUT2D eigenvalue weighted by molar-refractivity contribution is 0.592. The Labute approximate surface area is 148 Å². The van der Waals surface area contributed by atoms with Crippen LogP contribution in [-0.4, -0.2) is 21.5 Å². The van der Waals surface area contributed by atoms with E-state index in [-0.39, 0.29) is 0 Å². The molecule has 0 aliphatic rings. The first-order chi connectivity index (χ1) is 12.2. The standard InChI is InChI=1S/C20H23N5/c1-3-15(2)14-22-18-13-19(23-17-9-11-21-12-10-17)25-20(24-18)16-7-5-4-6-8-16/h4-13,15H,3,14H2,1-2H3,(H2,21,22,23,24,25). The van der Waals surface area contributed by atoms with Crippen LogP contribution in [0.25, 0.3) is 11.4 Å². The summed E-state index contributed by atoms with van der Waals surface area (Å²) in [4.78, 5) is 13.4. The Kier molecular flexibility index (Phi) is 5.57. The molecule has 0 saturated heterocycles. The first-order valence-corrected chi connectivity index (χ1v) is 8.60. The van der Waals surface area contributed by atoms with Crippen LogP contribution < -0.4 is 10.6 Å². The first-order valence-electron chi connectivity index (χ1n) is 8.60. The number of hydrogen-bond acceptors (Lipinski definition) is 5. The van der Waals surface area contributed by atoms with Crippen molar-refractivity contribution < 1.29 is 0 Å². The van der Waals surface area contributed by atoms with E-state index in [0.717, 1.165) is 35.9 Å². The molecule has 0 aliphatic carbocycles. The molecule has 1 aromatic carbocycles. The fourth-order valence-corrected chi connectivity index (χ4v) is 2.32. The van der Waals surface area contributed by atoms with Crippen molar-refractivity contribution in [2.24, 2.45) is 5.92 Å². The Morgan fingerprint density at radius 3 is 2.40 bits per heavy atom. The highest BCUT2D eigenvalue weighted by Gasteiger charge is 2.08. The average Bonchev–Trinajstić information content (AvgIpc) is 2.67. The zero-order valence-corrected chi connectivity index (χ0v) is 14.6. The Hall–Kier alpha value is -2.95. The molecule has 2 heterocycles. The topological polar surface area (TPSA) is 62.7 Å². The van der Waals surface area contributed by atoms with Gasteiger partial charge in [0.1, 0.15) is 11.6 Å². The molecule has 5 heteroatoms. The summed E-state index contributed by atoms with van der Waals surface area (Å²) in [7, 11) is 0. The molecule has 0 fully saturated rings. The third-order valence-electron chi connectivity index (χ3n) is 4.04. The smallest absolute Gasteiger partial charge is 0.163 e. The number of aromatic nitrogens is 3. The van der Waals surface area contributed by atoms with Crippen molar-refractivity contribution in [1.82, 2.24) is 15.0 Å². The molecular weight excluding hydrogens is 310 g/mol. The maximum atomic E-state index is 4.68. The van der Waals surface area contributed by atoms with E-state index in [2.05, 4.69) is 39.4 Å². The van der Waals surface area contributed by atoms with Crippen molar-refractivity contribution in [3.8, 4) is 11.4 Å². The Morgan fingerprint density at radius 2 is 1.68 bits per heavy atom. The number of pyridine rings is 1. The summed E-state index contributed by atoms with van der Waals surface area (Å²) in [6, 6.07) is 15.8. The summed E-state index contributed by atoms with van der Waals surface area (Å²) in [5.41, 5.74) is 1.94. The van der Waals surface area contributed by atoms with Crippen molar-refractivity contribution in [2.45, 2.75) is 20.3 Å². The van der Waals surface area contributed by atoms with E-state index in [4.69, 9.17) is 0 Å². The van der Waals surface area contributed by atoms with Crippen molar-refractivity contribution >= 4 is 17.3 Å². The summed E-state index contributed by atoms with van der Waals surface area (Å²) in [6.45, 7) is 5.30. The van der Waals surface area contributed by atoms with Crippen LogP contribution in [0.5, 0.6) is 0 Å². The minimum atomic E-state index is 0.590. The van der Waals surface area contributed by atoms with Gasteiger partial charge in [0.05, 0.1) is 0 Å². The van der Waals surface area contributed by atoms with Gasteiger partial charge in [0, 0.05) is 36.3 Å². The molecule has 3 rings (SSSR count). The first kappa shape index (κ1) is 16.9. The molecule has 0 amide bonds. The van der Waals surface area contributed by atoms with Gasteiger partial charge in [-0.15, -0.1) is 0 Å². The lowest BCUT2D eigenvalue weighted by atomic mass is 10.1. The lowest BCUT2D eigenvalue weighted by Crippen LogP contribution is -2.12. The van der Waals surface area contributed by atoms with Crippen LogP contribution in [0.15, 0.2) is 60.9 Å². The fourth-order valence-electron chi connectivity index (χ4n) is 2.32. The van der Waals surface area contributed by atoms with E-state index in [0.29, 0.717) is 11.7 Å². The highest BCUT2D eigenvalue weighted by atomic mass is 15.1. The lowest BCUT2D eigenvalue weighted by Gasteiger charge is -2.14. The summed E-state index contributed by atoms with van der Waals surface area (Å²) in [6.07, 6.45) is 4.64. The molecule has 2 N–H and O–H groups in total. The molecule has 25 heavy (non-hydrogen) atoms. The molecule has 0 bridgehead atoms. The highest BCUT2D eigenvalue weighted by Crippen LogP contribution is 2.22. The van der Waals surface area contributed by atoms with Gasteiger partial charge < -0.3 is 10.6 Å². The van der Waals surface area contributed by atoms with Gasteiger partial charge in [-0.2, -0.15) is 0 Å². The number of benzene rings is 1. The predicted octanol–water partition coefficient (Wildman–Crippen LogP) is 4.74. The largest absolute Gasteiger partial charge is 0.370 e. The molecule has 3 aromatic rings. The molecule has 0 spiro atoms. The second-order valence-corrected chi connectivity index (χ2v) is 6.08. The second-order valence-electron chi connectivity index (χ2n) is 6.08. The maximum Gasteiger partial charge on any atom is 0.163 e. The molecule has 0 saturated carbocycles. The van der Waals surface area contributed by atoms with E-state index in [1.165, 1.54) is 0 Å². The molecule has 0 radical (unpaired) electrons. The van der Waals surface area contributed by atoms with Crippen molar-refractivity contribution in [3.05, 3.63) is 60.9 Å². The minimum Gasteiger partial charge on any atom is -0.370 e. The van der Waals surface area contributed by atoms with E-state index in [9.17, 15) is 0 Å². The summed E-state index contributed by atoms with van der Waals surface area (Å²) in [5.74, 6) is 2.87. The normalized spacial score (nSPS) is 11.8. The number of hydrogen-bond donors (Lipinski definition) is 2. The molecule has 128 valence electrons. The highest BCUT2D eigenvalue weighted by molar-refractivity contribution is 5.64. The van der Waals surface area contributed by atoms with Gasteiger partial charge in [0.25, 0.3) is 0 Å². The van der Waals surface area contributed by atoms with E-state index >= 15 is 0 Å². The van der Waals surface area contributed by atoms with E-state index in [1.54, 1.807) is 12.4 Å². The van der Waals surface area contributed by atoms with Crippen molar-refractivity contribution in [2.75, 3.05) is 17.2 Å². The molecular formula is C20H23N5. The summed E-state index contributed by atoms with van der Waals surface area (Å²) < 4.78 is 0. The average molecular weight is 333 g/mol. The maximum absolute atomic E-state index is 4.68. The van der Waals surface area contributed by atoms with Gasteiger partial charge in [0.2, 0.25) is 0 Å². The van der Waals surface area contributed by atoms with Gasteiger partial charge in [-0.05, 0) is 18.1 Å². The third kappa shape index (κ3) is 4.76. The van der Waals surface area contributed by atoms with Crippen LogP contribution in [0.2, 0.25) is 0 Å². The zero-order chi connectivity index (χ0) is 17.5. The number of anilines is 3. The molecule has 0 aliphatic heterocycles. The zero-order valence-electron chi connectivity index (χ0n) is 14.6. The quantitative estimate of drug-likeness (QED) is 0.654. The van der Waals surface area contributed by atoms with Crippen LogP contribution in [0.4, 0.5) is 17.3 Å². The Morgan fingerprint density at radius 1 is 0.960 bits per heavy atom. The van der Waals surface area contributed by atoms with E-state index in [1.807, 2.05) is 48.5 Å². The van der Waals surface area contributed by atoms with Crippen LogP contribution in [-0.2, 0) is 0 Å². The minimum absolute atomic E-state index is 0.590. The van der Waals surface area contributed by atoms with Gasteiger partial charge >= 0.3 is 0 Å². The third-order valence-corrected chi connectivity index (χ3v) is 4.04. The Bertz CT molecular complexity index is 790. The SMILES string of the molecule is CCC(C)CNc1cc(Nc2ccncc2)nc(-c2ccccc2)n1. The molecule has 2 aromatic heterocycles. The van der Waals surface area contributed by atoms with Gasteiger partial charge in [-0.1, -0.05) is 50.6 Å². The van der Waals surface area contributed by atoms with E-state index < -0.39 is 0 Å². The summed E-state index contributed by atoms with van der Waals surface area (Å²) >= 11 is 0. The van der Waals surface area contributed by atoms with Crippen LogP contribution in [0.3, 0.4) is 0 Å². The van der Waals surface area contributed by atoms with Gasteiger partial charge in [0.15, 0.2) is 5.82 Å². The van der Waals surface area contributed by atoms with Crippen LogP contribution in [0, 0.1) is 5.92 Å². The molecule has 5 nitrogen and oxygen atoms in total. The number of rotatable bonds is 7. The summed E-state index contributed by atoms with van der Waals surface area (Å²) in [5, 5.41) is 6.75. The van der Waals surface area contributed by atoms with Crippen LogP contribution in [0.1, 0.15) is 20.3 Å². The predicted molar refractivity (Wildman–Crippen MR) is 103 cm³/mol. The number of nitrogens with zero attached hydrogens (tertiary/aromatic N) is 3. The van der Waals surface area contributed by atoms with Crippen molar-refractivity contribution in [3.63, 3.8) is 0 Å². The van der Waals surface area contributed by atoms with Gasteiger partial charge in [-0.25, -0.2) is 9.97 Å². The van der Waals surface area contributed by atoms with Gasteiger partial charge in [-0.3, -0.25) is 4.98 Å². The monoisotopic (exact) mass is 333 g/mol. The number of nitrogens with one attached hydrogen (secondary N) is 2. The second kappa shape index (κ2) is 8.24. The van der Waals surface area contributed by atoms with Crippen molar-refractivity contribution in [1.29, 1.82) is 0 Å². The Balaban J connectivity index is 1.90. The molecule has 1 atom stereocenters. The van der Waals surface area contributed by atoms with Crippen LogP contribution >= 0.6 is 0 Å². The fraction of sp³-hybridized carbons (Fsp3) is 0.250. The molecule has 1 unspecified atom stereocenters.